The van der Waals surface area contributed by atoms with Gasteiger partial charge in [-0.2, -0.15) is 0 Å². The van der Waals surface area contributed by atoms with Gasteiger partial charge in [0.1, 0.15) is 0 Å². The van der Waals surface area contributed by atoms with Crippen molar-refractivity contribution in [2.45, 2.75) is 19.8 Å². The van der Waals surface area contributed by atoms with Gasteiger partial charge in [0, 0.05) is 11.9 Å². The van der Waals surface area contributed by atoms with E-state index in [4.69, 9.17) is 5.11 Å². The molecule has 0 aliphatic heterocycles. The van der Waals surface area contributed by atoms with Crippen LogP contribution in [0.4, 0.5) is 5.13 Å². The molecule has 0 aliphatic rings. The highest BCUT2D eigenvalue weighted by Crippen LogP contribution is 2.16. The van der Waals surface area contributed by atoms with E-state index in [1.54, 1.807) is 5.38 Å². The Bertz CT molecular complexity index is 566. The molecule has 0 fully saturated rings. The summed E-state index contributed by atoms with van der Waals surface area (Å²) in [5.41, 5.74) is 3.21. The van der Waals surface area contributed by atoms with Gasteiger partial charge in [-0.15, -0.1) is 11.3 Å². The van der Waals surface area contributed by atoms with Gasteiger partial charge in [-0.05, 0) is 24.5 Å². The minimum absolute atomic E-state index is 0.0179. The number of aromatic nitrogens is 1. The Hall–Kier alpha value is -1.88. The standard InChI is InChI=1S/C14H16N2O2S/c1-10-4-2-3-5-11(10)6-7-15-14-16-12(9-19-14)8-13(17)18/h2-5,9H,6-8H2,1H3,(H,15,16)(H,17,18). The van der Waals surface area contributed by atoms with Crippen molar-refractivity contribution >= 4 is 22.4 Å². The second kappa shape index (κ2) is 6.33. The first-order valence-electron chi connectivity index (χ1n) is 6.10. The summed E-state index contributed by atoms with van der Waals surface area (Å²) in [5, 5.41) is 14.5. The van der Waals surface area contributed by atoms with Crippen LogP contribution in [0.25, 0.3) is 0 Å². The zero-order chi connectivity index (χ0) is 13.7. The van der Waals surface area contributed by atoms with Crippen LogP contribution in [-0.4, -0.2) is 22.6 Å². The van der Waals surface area contributed by atoms with Crippen LogP contribution in [-0.2, 0) is 17.6 Å². The highest BCUT2D eigenvalue weighted by Gasteiger charge is 2.05. The van der Waals surface area contributed by atoms with Crippen LogP contribution in [0.15, 0.2) is 29.6 Å². The summed E-state index contributed by atoms with van der Waals surface area (Å²) >= 11 is 1.45. The third-order valence-corrected chi connectivity index (χ3v) is 3.66. The smallest absolute Gasteiger partial charge is 0.309 e. The van der Waals surface area contributed by atoms with Crippen molar-refractivity contribution in [3.63, 3.8) is 0 Å². The van der Waals surface area contributed by atoms with Crippen molar-refractivity contribution in [3.8, 4) is 0 Å². The number of nitrogens with zero attached hydrogens (tertiary/aromatic N) is 1. The van der Waals surface area contributed by atoms with Crippen molar-refractivity contribution in [1.29, 1.82) is 0 Å². The minimum Gasteiger partial charge on any atom is -0.481 e. The molecule has 0 atom stereocenters. The zero-order valence-electron chi connectivity index (χ0n) is 10.7. The average molecular weight is 276 g/mol. The van der Waals surface area contributed by atoms with Gasteiger partial charge in [0.05, 0.1) is 12.1 Å². The Kier molecular flexibility index (Phi) is 4.52. The molecule has 2 N–H and O–H groups in total. The lowest BCUT2D eigenvalue weighted by atomic mass is 10.1. The second-order valence-electron chi connectivity index (χ2n) is 4.32. The highest BCUT2D eigenvalue weighted by atomic mass is 32.1. The largest absolute Gasteiger partial charge is 0.481 e. The van der Waals surface area contributed by atoms with E-state index in [1.807, 2.05) is 12.1 Å². The molecule has 0 radical (unpaired) electrons. The number of aliphatic carboxylic acids is 1. The molecule has 0 saturated carbocycles. The molecule has 2 rings (SSSR count). The molecule has 0 unspecified atom stereocenters. The molecule has 19 heavy (non-hydrogen) atoms. The van der Waals surface area contributed by atoms with Crippen molar-refractivity contribution in [2.24, 2.45) is 0 Å². The number of benzene rings is 1. The van der Waals surface area contributed by atoms with E-state index < -0.39 is 5.97 Å². The number of hydrogen-bond acceptors (Lipinski definition) is 4. The number of hydrogen-bond donors (Lipinski definition) is 2. The van der Waals surface area contributed by atoms with E-state index in [1.165, 1.54) is 22.5 Å². The van der Waals surface area contributed by atoms with Gasteiger partial charge >= 0.3 is 5.97 Å². The number of carbonyl (C=O) groups is 1. The van der Waals surface area contributed by atoms with Gasteiger partial charge < -0.3 is 10.4 Å². The average Bonchev–Trinajstić information content (AvgIpc) is 2.78. The van der Waals surface area contributed by atoms with Gasteiger partial charge in [0.2, 0.25) is 0 Å². The fourth-order valence-electron chi connectivity index (χ4n) is 1.82. The van der Waals surface area contributed by atoms with E-state index in [0.29, 0.717) is 5.69 Å². The Morgan fingerprint density at radius 2 is 2.21 bits per heavy atom. The number of rotatable bonds is 6. The fourth-order valence-corrected chi connectivity index (χ4v) is 2.56. The number of carboxylic acid groups (broad SMARTS) is 1. The first kappa shape index (κ1) is 13.5. The van der Waals surface area contributed by atoms with Crippen LogP contribution in [0.1, 0.15) is 16.8 Å². The van der Waals surface area contributed by atoms with E-state index in [2.05, 4.69) is 29.4 Å². The van der Waals surface area contributed by atoms with E-state index in [-0.39, 0.29) is 6.42 Å². The van der Waals surface area contributed by atoms with Crippen LogP contribution in [0.3, 0.4) is 0 Å². The predicted octanol–water partition coefficient (Wildman–Crippen LogP) is 2.73. The fraction of sp³-hybridized carbons (Fsp3) is 0.286. The quantitative estimate of drug-likeness (QED) is 0.851. The van der Waals surface area contributed by atoms with Crippen molar-refractivity contribution in [3.05, 3.63) is 46.5 Å². The Morgan fingerprint density at radius 1 is 1.42 bits per heavy atom. The summed E-state index contributed by atoms with van der Waals surface area (Å²) < 4.78 is 0. The summed E-state index contributed by atoms with van der Waals surface area (Å²) in [6.07, 6.45) is 0.913. The Morgan fingerprint density at radius 3 is 2.95 bits per heavy atom. The zero-order valence-corrected chi connectivity index (χ0v) is 11.5. The van der Waals surface area contributed by atoms with Gasteiger partial charge in [-0.1, -0.05) is 24.3 Å². The molecule has 0 bridgehead atoms. The molecule has 100 valence electrons. The Balaban J connectivity index is 1.84. The highest BCUT2D eigenvalue weighted by molar-refractivity contribution is 7.13. The molecule has 0 aliphatic carbocycles. The maximum Gasteiger partial charge on any atom is 0.309 e. The molecule has 1 aromatic carbocycles. The van der Waals surface area contributed by atoms with Gasteiger partial charge in [-0.3, -0.25) is 4.79 Å². The van der Waals surface area contributed by atoms with Crippen LogP contribution in [0, 0.1) is 6.92 Å². The third kappa shape index (κ3) is 4.06. The van der Waals surface area contributed by atoms with Crippen molar-refractivity contribution in [1.82, 2.24) is 4.98 Å². The topological polar surface area (TPSA) is 62.2 Å². The molecule has 0 saturated heterocycles. The maximum absolute atomic E-state index is 10.6. The number of aryl methyl sites for hydroxylation is 1. The molecule has 5 heteroatoms. The summed E-state index contributed by atoms with van der Waals surface area (Å²) in [6, 6.07) is 8.29. The van der Waals surface area contributed by atoms with Gasteiger partial charge in [-0.25, -0.2) is 4.98 Å². The van der Waals surface area contributed by atoms with E-state index >= 15 is 0 Å². The number of thiazole rings is 1. The van der Waals surface area contributed by atoms with Crippen LogP contribution < -0.4 is 5.32 Å². The molecule has 1 heterocycles. The number of anilines is 1. The Labute approximate surface area is 116 Å². The minimum atomic E-state index is -0.850. The molecular formula is C14H16N2O2S. The predicted molar refractivity (Wildman–Crippen MR) is 76.8 cm³/mol. The third-order valence-electron chi connectivity index (χ3n) is 2.82. The summed E-state index contributed by atoms with van der Waals surface area (Å²) in [6.45, 7) is 2.90. The van der Waals surface area contributed by atoms with E-state index in [0.717, 1.165) is 18.1 Å². The molecule has 2 aromatic rings. The number of nitrogens with one attached hydrogen (secondary N) is 1. The van der Waals surface area contributed by atoms with Crippen LogP contribution in [0.5, 0.6) is 0 Å². The molecule has 1 aromatic heterocycles. The summed E-state index contributed by atoms with van der Waals surface area (Å²) in [4.78, 5) is 14.8. The second-order valence-corrected chi connectivity index (χ2v) is 5.18. The first-order valence-corrected chi connectivity index (χ1v) is 6.97. The lowest BCUT2D eigenvalue weighted by Gasteiger charge is -2.05. The maximum atomic E-state index is 10.6. The molecular weight excluding hydrogens is 260 g/mol. The monoisotopic (exact) mass is 276 g/mol. The number of carboxylic acids is 1. The normalized spacial score (nSPS) is 10.4. The van der Waals surface area contributed by atoms with E-state index in [9.17, 15) is 4.79 Å². The lowest BCUT2D eigenvalue weighted by molar-refractivity contribution is -0.136. The van der Waals surface area contributed by atoms with Crippen LogP contribution >= 0.6 is 11.3 Å². The van der Waals surface area contributed by atoms with Crippen LogP contribution in [0.2, 0.25) is 0 Å². The lowest BCUT2D eigenvalue weighted by Crippen LogP contribution is -2.06. The molecule has 4 nitrogen and oxygen atoms in total. The summed E-state index contributed by atoms with van der Waals surface area (Å²) in [7, 11) is 0. The van der Waals surface area contributed by atoms with Gasteiger partial charge in [0.15, 0.2) is 5.13 Å². The van der Waals surface area contributed by atoms with Crippen molar-refractivity contribution < 1.29 is 9.90 Å². The molecule has 0 amide bonds. The SMILES string of the molecule is Cc1ccccc1CCNc1nc(CC(=O)O)cs1. The summed E-state index contributed by atoms with van der Waals surface area (Å²) in [5.74, 6) is -0.850. The first-order chi connectivity index (χ1) is 9.15. The molecule has 0 spiro atoms. The van der Waals surface area contributed by atoms with Crippen molar-refractivity contribution in [2.75, 3.05) is 11.9 Å². The van der Waals surface area contributed by atoms with Gasteiger partial charge in [0.25, 0.3) is 0 Å².